The number of hydrogen-bond donors (Lipinski definition) is 1. The van der Waals surface area contributed by atoms with Gasteiger partial charge in [-0.3, -0.25) is 0 Å². The van der Waals surface area contributed by atoms with Crippen LogP contribution in [0.25, 0.3) is 0 Å². The van der Waals surface area contributed by atoms with Crippen LogP contribution in [-0.4, -0.2) is 19.3 Å². The summed E-state index contributed by atoms with van der Waals surface area (Å²) in [6, 6.07) is 7.02. The molecule has 0 radical (unpaired) electrons. The Morgan fingerprint density at radius 2 is 2.13 bits per heavy atom. The molecule has 4 nitrogen and oxygen atoms in total. The fourth-order valence-electron chi connectivity index (χ4n) is 1.30. The van der Waals surface area contributed by atoms with E-state index in [1.807, 2.05) is 6.07 Å². The fraction of sp³-hybridized carbons (Fsp3) is 0.364. The summed E-state index contributed by atoms with van der Waals surface area (Å²) in [6.07, 6.45) is -0.816. The number of benzene rings is 1. The standard InChI is InChI=1S/C11H13NO3/c1-14-8-3-4-11(15-2)9(7-8)10(13)5-6-12/h3-4,7,10,13H,5H2,1-2H3. The lowest BCUT2D eigenvalue weighted by atomic mass is 10.1. The van der Waals surface area contributed by atoms with Crippen molar-refractivity contribution in [3.05, 3.63) is 23.8 Å². The molecule has 1 N–H and O–H groups in total. The van der Waals surface area contributed by atoms with Gasteiger partial charge in [0, 0.05) is 5.56 Å². The van der Waals surface area contributed by atoms with Crippen molar-refractivity contribution in [1.82, 2.24) is 0 Å². The minimum Gasteiger partial charge on any atom is -0.497 e. The Kier molecular flexibility index (Phi) is 3.95. The maximum atomic E-state index is 9.69. The minimum atomic E-state index is -0.847. The van der Waals surface area contributed by atoms with E-state index in [1.54, 1.807) is 25.3 Å². The van der Waals surface area contributed by atoms with Crippen molar-refractivity contribution in [2.75, 3.05) is 14.2 Å². The second-order valence-corrected chi connectivity index (χ2v) is 2.99. The Hall–Kier alpha value is -1.73. The lowest BCUT2D eigenvalue weighted by molar-refractivity contribution is 0.178. The molecule has 0 aliphatic rings. The zero-order chi connectivity index (χ0) is 11.3. The highest BCUT2D eigenvalue weighted by Crippen LogP contribution is 2.30. The van der Waals surface area contributed by atoms with Crippen LogP contribution in [0.2, 0.25) is 0 Å². The topological polar surface area (TPSA) is 62.5 Å². The van der Waals surface area contributed by atoms with E-state index in [4.69, 9.17) is 14.7 Å². The van der Waals surface area contributed by atoms with E-state index >= 15 is 0 Å². The molecule has 0 spiro atoms. The van der Waals surface area contributed by atoms with E-state index in [1.165, 1.54) is 7.11 Å². The Balaban J connectivity index is 3.06. The van der Waals surface area contributed by atoms with E-state index in [2.05, 4.69) is 0 Å². The molecule has 0 amide bonds. The lowest BCUT2D eigenvalue weighted by Crippen LogP contribution is -2.00. The van der Waals surface area contributed by atoms with Gasteiger partial charge in [-0.2, -0.15) is 5.26 Å². The largest absolute Gasteiger partial charge is 0.497 e. The summed E-state index contributed by atoms with van der Waals surface area (Å²) in [5.74, 6) is 1.18. The molecule has 0 saturated carbocycles. The molecule has 1 aromatic rings. The molecule has 0 bridgehead atoms. The third-order valence-electron chi connectivity index (χ3n) is 2.08. The van der Waals surface area contributed by atoms with Crippen LogP contribution < -0.4 is 9.47 Å². The van der Waals surface area contributed by atoms with Crippen LogP contribution in [0, 0.1) is 11.3 Å². The van der Waals surface area contributed by atoms with Gasteiger partial charge in [0.05, 0.1) is 32.8 Å². The van der Waals surface area contributed by atoms with Crippen molar-refractivity contribution in [2.24, 2.45) is 0 Å². The quantitative estimate of drug-likeness (QED) is 0.815. The number of aliphatic hydroxyl groups excluding tert-OH is 1. The summed E-state index contributed by atoms with van der Waals surface area (Å²) in [5.41, 5.74) is 0.568. The predicted octanol–water partition coefficient (Wildman–Crippen LogP) is 1.65. The van der Waals surface area contributed by atoms with Crippen LogP contribution in [0.4, 0.5) is 0 Å². The monoisotopic (exact) mass is 207 g/mol. The van der Waals surface area contributed by atoms with Crippen LogP contribution in [0.1, 0.15) is 18.1 Å². The van der Waals surface area contributed by atoms with Gasteiger partial charge in [0.2, 0.25) is 0 Å². The van der Waals surface area contributed by atoms with Gasteiger partial charge >= 0.3 is 0 Å². The van der Waals surface area contributed by atoms with E-state index in [0.717, 1.165) is 0 Å². The molecular formula is C11H13NO3. The van der Waals surface area contributed by atoms with Gasteiger partial charge in [-0.1, -0.05) is 0 Å². The first-order chi connectivity index (χ1) is 7.22. The molecule has 1 rings (SSSR count). The molecule has 0 aliphatic carbocycles. The highest BCUT2D eigenvalue weighted by atomic mass is 16.5. The lowest BCUT2D eigenvalue weighted by Gasteiger charge is -2.13. The van der Waals surface area contributed by atoms with Gasteiger partial charge in [-0.05, 0) is 18.2 Å². The Morgan fingerprint density at radius 3 is 2.67 bits per heavy atom. The van der Waals surface area contributed by atoms with E-state index in [-0.39, 0.29) is 6.42 Å². The van der Waals surface area contributed by atoms with Gasteiger partial charge < -0.3 is 14.6 Å². The summed E-state index contributed by atoms with van der Waals surface area (Å²) in [4.78, 5) is 0. The van der Waals surface area contributed by atoms with Crippen molar-refractivity contribution in [2.45, 2.75) is 12.5 Å². The Labute approximate surface area is 88.7 Å². The smallest absolute Gasteiger partial charge is 0.124 e. The number of aliphatic hydroxyl groups is 1. The molecule has 4 heteroatoms. The summed E-state index contributed by atoms with van der Waals surface area (Å²) < 4.78 is 10.1. The Morgan fingerprint density at radius 1 is 1.40 bits per heavy atom. The Bertz CT molecular complexity index is 371. The van der Waals surface area contributed by atoms with Crippen molar-refractivity contribution >= 4 is 0 Å². The molecule has 0 saturated heterocycles. The number of nitrogens with zero attached hydrogens (tertiary/aromatic N) is 1. The van der Waals surface area contributed by atoms with Gasteiger partial charge in [0.25, 0.3) is 0 Å². The minimum absolute atomic E-state index is 0.0313. The number of ether oxygens (including phenoxy) is 2. The van der Waals surface area contributed by atoms with E-state index < -0.39 is 6.10 Å². The number of hydrogen-bond acceptors (Lipinski definition) is 4. The SMILES string of the molecule is COc1ccc(OC)c(C(O)CC#N)c1. The molecule has 1 unspecified atom stereocenters. The first-order valence-corrected chi connectivity index (χ1v) is 4.50. The number of nitriles is 1. The molecular weight excluding hydrogens is 194 g/mol. The van der Waals surface area contributed by atoms with Crippen molar-refractivity contribution in [1.29, 1.82) is 5.26 Å². The summed E-state index contributed by atoms with van der Waals surface area (Å²) in [5, 5.41) is 18.2. The van der Waals surface area contributed by atoms with Gasteiger partial charge in [-0.15, -0.1) is 0 Å². The van der Waals surface area contributed by atoms with Gasteiger partial charge in [-0.25, -0.2) is 0 Å². The maximum absolute atomic E-state index is 9.69. The average molecular weight is 207 g/mol. The third-order valence-corrected chi connectivity index (χ3v) is 2.08. The normalized spacial score (nSPS) is 11.6. The molecule has 0 fully saturated rings. The highest BCUT2D eigenvalue weighted by Gasteiger charge is 2.13. The number of rotatable bonds is 4. The van der Waals surface area contributed by atoms with Crippen LogP contribution in [0.3, 0.4) is 0 Å². The van der Waals surface area contributed by atoms with Crippen molar-refractivity contribution in [3.8, 4) is 17.6 Å². The second kappa shape index (κ2) is 5.23. The highest BCUT2D eigenvalue weighted by molar-refractivity contribution is 5.41. The van der Waals surface area contributed by atoms with Crippen LogP contribution in [-0.2, 0) is 0 Å². The molecule has 0 aromatic heterocycles. The average Bonchev–Trinajstić information content (AvgIpc) is 2.28. The van der Waals surface area contributed by atoms with Crippen molar-refractivity contribution < 1.29 is 14.6 Å². The fourth-order valence-corrected chi connectivity index (χ4v) is 1.30. The maximum Gasteiger partial charge on any atom is 0.124 e. The first kappa shape index (κ1) is 11.3. The van der Waals surface area contributed by atoms with Crippen LogP contribution >= 0.6 is 0 Å². The molecule has 80 valence electrons. The molecule has 1 aromatic carbocycles. The second-order valence-electron chi connectivity index (χ2n) is 2.99. The zero-order valence-electron chi connectivity index (χ0n) is 8.73. The van der Waals surface area contributed by atoms with Crippen LogP contribution in [0.5, 0.6) is 11.5 Å². The molecule has 0 heterocycles. The molecule has 0 aliphatic heterocycles. The van der Waals surface area contributed by atoms with Crippen molar-refractivity contribution in [3.63, 3.8) is 0 Å². The van der Waals surface area contributed by atoms with E-state index in [9.17, 15) is 5.11 Å². The van der Waals surface area contributed by atoms with Crippen LogP contribution in [0.15, 0.2) is 18.2 Å². The third kappa shape index (κ3) is 2.61. The first-order valence-electron chi connectivity index (χ1n) is 4.50. The van der Waals surface area contributed by atoms with Gasteiger partial charge in [0.1, 0.15) is 11.5 Å². The number of methoxy groups -OCH3 is 2. The summed E-state index contributed by atoms with van der Waals surface area (Å²) in [7, 11) is 3.06. The zero-order valence-corrected chi connectivity index (χ0v) is 8.73. The summed E-state index contributed by atoms with van der Waals surface area (Å²) >= 11 is 0. The van der Waals surface area contributed by atoms with Gasteiger partial charge in [0.15, 0.2) is 0 Å². The van der Waals surface area contributed by atoms with E-state index in [0.29, 0.717) is 17.1 Å². The molecule has 15 heavy (non-hydrogen) atoms. The summed E-state index contributed by atoms with van der Waals surface area (Å²) in [6.45, 7) is 0. The predicted molar refractivity (Wildman–Crippen MR) is 54.7 cm³/mol. The molecule has 1 atom stereocenters.